The summed E-state index contributed by atoms with van der Waals surface area (Å²) in [6, 6.07) is 24.0. The van der Waals surface area contributed by atoms with Crippen LogP contribution in [0.3, 0.4) is 0 Å². The largest absolute Gasteiger partial charge is 0.322 e. The fraction of sp³-hybridized carbons (Fsp3) is 0. The molecule has 39 heavy (non-hydrogen) atoms. The molecule has 0 radical (unpaired) electrons. The Kier molecular flexibility index (Phi) is 6.48. The number of terminal acetylenes is 2. The zero-order valence-corrected chi connectivity index (χ0v) is 20.4. The van der Waals surface area contributed by atoms with Gasteiger partial charge < -0.3 is 10.6 Å². The van der Waals surface area contributed by atoms with Gasteiger partial charge in [0.15, 0.2) is 0 Å². The first-order chi connectivity index (χ1) is 18.9. The van der Waals surface area contributed by atoms with Crippen LogP contribution in [0.4, 0.5) is 17.1 Å². The number of imide groups is 1. The Hall–Kier alpha value is -5.92. The van der Waals surface area contributed by atoms with E-state index in [0.29, 0.717) is 22.5 Å². The van der Waals surface area contributed by atoms with E-state index < -0.39 is 23.6 Å². The molecule has 4 aromatic carbocycles. The summed E-state index contributed by atoms with van der Waals surface area (Å²) < 4.78 is 0. The first-order valence-corrected chi connectivity index (χ1v) is 11.8. The van der Waals surface area contributed by atoms with Gasteiger partial charge in [0.1, 0.15) is 0 Å². The Morgan fingerprint density at radius 2 is 1.08 bits per heavy atom. The minimum absolute atomic E-state index is 0.0534. The molecule has 0 aliphatic carbocycles. The van der Waals surface area contributed by atoms with Crippen LogP contribution in [0.2, 0.25) is 0 Å². The number of hydrogen-bond acceptors (Lipinski definition) is 4. The predicted octanol–water partition coefficient (Wildman–Crippen LogP) is 4.95. The van der Waals surface area contributed by atoms with Crippen molar-refractivity contribution in [2.45, 2.75) is 0 Å². The molecule has 0 spiro atoms. The average molecular weight is 510 g/mol. The number of amides is 4. The van der Waals surface area contributed by atoms with Gasteiger partial charge in [0, 0.05) is 33.6 Å². The molecule has 4 amide bonds. The van der Waals surface area contributed by atoms with Crippen LogP contribution < -0.4 is 15.5 Å². The van der Waals surface area contributed by atoms with Gasteiger partial charge in [-0.1, -0.05) is 36.1 Å². The van der Waals surface area contributed by atoms with Gasteiger partial charge in [-0.05, 0) is 66.7 Å². The summed E-state index contributed by atoms with van der Waals surface area (Å²) in [6.45, 7) is 0. The Balaban J connectivity index is 1.54. The first-order valence-electron chi connectivity index (χ1n) is 11.8. The summed E-state index contributed by atoms with van der Waals surface area (Å²) in [5.41, 5.74) is 2.69. The van der Waals surface area contributed by atoms with Crippen molar-refractivity contribution >= 4 is 40.7 Å². The van der Waals surface area contributed by atoms with E-state index in [1.165, 1.54) is 18.2 Å². The molecule has 0 fully saturated rings. The second kappa shape index (κ2) is 10.2. The van der Waals surface area contributed by atoms with Gasteiger partial charge in [-0.15, -0.1) is 12.8 Å². The lowest BCUT2D eigenvalue weighted by molar-refractivity contribution is 0.0922. The monoisotopic (exact) mass is 509 g/mol. The number of rotatable bonds is 5. The molecule has 0 atom stereocenters. The number of carbonyl (C=O) groups is 4. The van der Waals surface area contributed by atoms with Gasteiger partial charge in [-0.25, -0.2) is 4.90 Å². The van der Waals surface area contributed by atoms with E-state index in [1.54, 1.807) is 72.8 Å². The Morgan fingerprint density at radius 3 is 1.51 bits per heavy atom. The third kappa shape index (κ3) is 4.89. The molecule has 1 heterocycles. The van der Waals surface area contributed by atoms with Crippen LogP contribution in [0.25, 0.3) is 0 Å². The standard InChI is InChI=1S/C32H19N3O4/c1-3-20-9-7-11-24(15-20)33-29(36)22-17-23(30(37)34-25-12-8-10-21(4-2)16-25)19-26(18-22)35-31(38)27-13-5-6-14-28(27)32(35)39/h1-2,5-19H,(H,33,36)(H,34,37). The highest BCUT2D eigenvalue weighted by molar-refractivity contribution is 6.34. The fourth-order valence-electron chi connectivity index (χ4n) is 4.21. The third-order valence-electron chi connectivity index (χ3n) is 6.07. The van der Waals surface area contributed by atoms with Crippen LogP contribution in [0.1, 0.15) is 52.6 Å². The number of nitrogens with one attached hydrogen (secondary N) is 2. The van der Waals surface area contributed by atoms with Gasteiger partial charge >= 0.3 is 0 Å². The molecule has 0 saturated heterocycles. The van der Waals surface area contributed by atoms with E-state index in [0.717, 1.165) is 4.90 Å². The summed E-state index contributed by atoms with van der Waals surface area (Å²) in [6.07, 6.45) is 10.9. The molecular formula is C32H19N3O4. The molecule has 0 aromatic heterocycles. The highest BCUT2D eigenvalue weighted by atomic mass is 16.2. The van der Waals surface area contributed by atoms with Crippen molar-refractivity contribution in [1.82, 2.24) is 0 Å². The van der Waals surface area contributed by atoms with Crippen molar-refractivity contribution in [3.63, 3.8) is 0 Å². The van der Waals surface area contributed by atoms with Gasteiger partial charge in [0.2, 0.25) is 0 Å². The molecule has 5 rings (SSSR count). The second-order valence-corrected chi connectivity index (χ2v) is 8.62. The molecule has 1 aliphatic heterocycles. The molecule has 0 unspecified atom stereocenters. The van der Waals surface area contributed by atoms with Crippen molar-refractivity contribution < 1.29 is 19.2 Å². The van der Waals surface area contributed by atoms with Crippen molar-refractivity contribution in [1.29, 1.82) is 0 Å². The molecule has 2 N–H and O–H groups in total. The molecule has 0 saturated carbocycles. The minimum Gasteiger partial charge on any atom is -0.322 e. The lowest BCUT2D eigenvalue weighted by Gasteiger charge is -2.17. The summed E-state index contributed by atoms with van der Waals surface area (Å²) in [5.74, 6) is 2.77. The smallest absolute Gasteiger partial charge is 0.266 e. The summed E-state index contributed by atoms with van der Waals surface area (Å²) in [4.78, 5) is 53.8. The predicted molar refractivity (Wildman–Crippen MR) is 149 cm³/mol. The molecule has 7 heteroatoms. The summed E-state index contributed by atoms with van der Waals surface area (Å²) >= 11 is 0. The lowest BCUT2D eigenvalue weighted by atomic mass is 10.1. The maximum absolute atomic E-state index is 13.3. The average Bonchev–Trinajstić information content (AvgIpc) is 3.22. The van der Waals surface area contributed by atoms with Crippen molar-refractivity contribution in [2.24, 2.45) is 0 Å². The number of hydrogen-bond donors (Lipinski definition) is 2. The third-order valence-corrected chi connectivity index (χ3v) is 6.07. The number of anilines is 3. The van der Waals surface area contributed by atoms with Crippen LogP contribution in [-0.4, -0.2) is 23.6 Å². The number of fused-ring (bicyclic) bond motifs is 1. The van der Waals surface area contributed by atoms with Gasteiger partial charge in [0.25, 0.3) is 23.6 Å². The molecule has 186 valence electrons. The van der Waals surface area contributed by atoms with Gasteiger partial charge in [0.05, 0.1) is 16.8 Å². The quantitative estimate of drug-likeness (QED) is 0.294. The molecule has 0 bridgehead atoms. The van der Waals surface area contributed by atoms with Crippen molar-refractivity contribution in [3.8, 4) is 24.7 Å². The van der Waals surface area contributed by atoms with Crippen molar-refractivity contribution in [2.75, 3.05) is 15.5 Å². The van der Waals surface area contributed by atoms with E-state index in [4.69, 9.17) is 12.8 Å². The van der Waals surface area contributed by atoms with E-state index in [-0.39, 0.29) is 27.9 Å². The minimum atomic E-state index is -0.564. The summed E-state index contributed by atoms with van der Waals surface area (Å²) in [7, 11) is 0. The van der Waals surface area contributed by atoms with Crippen molar-refractivity contribution in [3.05, 3.63) is 124 Å². The second-order valence-electron chi connectivity index (χ2n) is 8.62. The van der Waals surface area contributed by atoms with E-state index in [2.05, 4.69) is 22.5 Å². The molecule has 7 nitrogen and oxygen atoms in total. The first kappa shape index (κ1) is 24.8. The van der Waals surface area contributed by atoms with Crippen LogP contribution in [0, 0.1) is 24.7 Å². The molecule has 4 aromatic rings. The SMILES string of the molecule is C#Cc1cccc(NC(=O)c2cc(C(=O)Nc3cccc(C#C)c3)cc(N3C(=O)c4ccccc4C3=O)c2)c1. The fourth-order valence-corrected chi connectivity index (χ4v) is 4.21. The van der Waals surface area contributed by atoms with E-state index in [1.807, 2.05) is 0 Å². The molecule has 1 aliphatic rings. The highest BCUT2D eigenvalue weighted by Crippen LogP contribution is 2.30. The Labute approximate surface area is 224 Å². The molecular weight excluding hydrogens is 490 g/mol. The maximum atomic E-state index is 13.3. The maximum Gasteiger partial charge on any atom is 0.266 e. The van der Waals surface area contributed by atoms with Crippen LogP contribution in [-0.2, 0) is 0 Å². The van der Waals surface area contributed by atoms with Gasteiger partial charge in [-0.2, -0.15) is 0 Å². The normalized spacial score (nSPS) is 11.8. The van der Waals surface area contributed by atoms with Gasteiger partial charge in [-0.3, -0.25) is 19.2 Å². The topological polar surface area (TPSA) is 95.6 Å². The highest BCUT2D eigenvalue weighted by Gasteiger charge is 2.37. The van der Waals surface area contributed by atoms with Crippen LogP contribution >= 0.6 is 0 Å². The Bertz CT molecular complexity index is 1650. The Morgan fingerprint density at radius 1 is 0.615 bits per heavy atom. The zero-order chi connectivity index (χ0) is 27.5. The lowest BCUT2D eigenvalue weighted by Crippen LogP contribution is -2.30. The number of carbonyl (C=O) groups excluding carboxylic acids is 4. The number of nitrogens with zero attached hydrogens (tertiary/aromatic N) is 1. The van der Waals surface area contributed by atoms with Crippen LogP contribution in [0.15, 0.2) is 91.0 Å². The van der Waals surface area contributed by atoms with Crippen LogP contribution in [0.5, 0.6) is 0 Å². The zero-order valence-electron chi connectivity index (χ0n) is 20.4. The van der Waals surface area contributed by atoms with E-state index in [9.17, 15) is 19.2 Å². The summed E-state index contributed by atoms with van der Waals surface area (Å²) in [5, 5.41) is 5.49. The van der Waals surface area contributed by atoms with E-state index >= 15 is 0 Å². The number of benzene rings is 4.